The Labute approximate surface area is 116 Å². The Morgan fingerprint density at radius 1 is 1.56 bits per heavy atom. The van der Waals surface area contributed by atoms with Gasteiger partial charge >= 0.3 is 0 Å². The van der Waals surface area contributed by atoms with E-state index in [1.54, 1.807) is 29.7 Å². The molecular weight excluding hydrogens is 318 g/mol. The Morgan fingerprint density at radius 3 is 2.94 bits per heavy atom. The van der Waals surface area contributed by atoms with Gasteiger partial charge in [-0.05, 0) is 19.1 Å². The van der Waals surface area contributed by atoms with Crippen molar-refractivity contribution in [2.24, 2.45) is 0 Å². The molecule has 0 amide bonds. The molecule has 7 heteroatoms. The first-order chi connectivity index (χ1) is 8.56. The summed E-state index contributed by atoms with van der Waals surface area (Å²) in [7, 11) is 0. The summed E-state index contributed by atoms with van der Waals surface area (Å²) in [5.74, 6) is 0. The summed E-state index contributed by atoms with van der Waals surface area (Å²) < 4.78 is 0.688. The smallest absolute Gasteiger partial charge is 0.293 e. The number of nitrogens with zero attached hydrogens (tertiary/aromatic N) is 2. The van der Waals surface area contributed by atoms with Gasteiger partial charge < -0.3 is 5.32 Å². The molecule has 0 radical (unpaired) electrons. The van der Waals surface area contributed by atoms with Crippen LogP contribution in [0.1, 0.15) is 9.88 Å². The lowest BCUT2D eigenvalue weighted by Gasteiger charge is -2.05. The average molecular weight is 328 g/mol. The third kappa shape index (κ3) is 3.05. The zero-order chi connectivity index (χ0) is 13.1. The van der Waals surface area contributed by atoms with Crippen molar-refractivity contribution in [2.75, 3.05) is 5.32 Å². The zero-order valence-corrected chi connectivity index (χ0v) is 11.9. The predicted octanol–water partition coefficient (Wildman–Crippen LogP) is 3.73. The third-order valence-electron chi connectivity index (χ3n) is 2.28. The Hall–Kier alpha value is -1.47. The maximum Gasteiger partial charge on any atom is 0.293 e. The predicted molar refractivity (Wildman–Crippen MR) is 75.0 cm³/mol. The summed E-state index contributed by atoms with van der Waals surface area (Å²) in [6.45, 7) is 2.46. The fourth-order valence-electron chi connectivity index (χ4n) is 1.47. The number of hydrogen-bond acceptors (Lipinski definition) is 5. The number of hydrogen-bond donors (Lipinski definition) is 1. The summed E-state index contributed by atoms with van der Waals surface area (Å²) in [4.78, 5) is 15.7. The monoisotopic (exact) mass is 327 g/mol. The minimum absolute atomic E-state index is 0.0608. The van der Waals surface area contributed by atoms with Gasteiger partial charge in [0.25, 0.3) is 5.69 Å². The van der Waals surface area contributed by atoms with Gasteiger partial charge in [0.1, 0.15) is 5.69 Å². The highest BCUT2D eigenvalue weighted by Crippen LogP contribution is 2.28. The molecule has 0 spiro atoms. The van der Waals surface area contributed by atoms with Gasteiger partial charge in [-0.25, -0.2) is 4.98 Å². The molecule has 0 atom stereocenters. The number of anilines is 1. The van der Waals surface area contributed by atoms with E-state index in [-0.39, 0.29) is 5.69 Å². The van der Waals surface area contributed by atoms with Crippen molar-refractivity contribution in [3.8, 4) is 0 Å². The first-order valence-corrected chi connectivity index (χ1v) is 6.76. The Kier molecular flexibility index (Phi) is 3.93. The lowest BCUT2D eigenvalue weighted by Crippen LogP contribution is -2.01. The van der Waals surface area contributed by atoms with E-state index in [1.165, 1.54) is 6.07 Å². The molecule has 2 rings (SSSR count). The van der Waals surface area contributed by atoms with Crippen molar-refractivity contribution in [2.45, 2.75) is 13.5 Å². The van der Waals surface area contributed by atoms with Crippen LogP contribution in [-0.2, 0) is 6.54 Å². The van der Waals surface area contributed by atoms with Crippen molar-refractivity contribution in [3.05, 3.63) is 48.9 Å². The second-order valence-corrected chi connectivity index (χ2v) is 5.85. The molecule has 0 fully saturated rings. The largest absolute Gasteiger partial charge is 0.375 e. The number of benzene rings is 1. The normalized spacial score (nSPS) is 10.3. The highest BCUT2D eigenvalue weighted by molar-refractivity contribution is 9.10. The number of aromatic nitrogens is 1. The molecule has 0 unspecified atom stereocenters. The lowest BCUT2D eigenvalue weighted by atomic mass is 10.2. The SMILES string of the molecule is Cc1ncc(CNc2ccc(Br)cc2[N+](=O)[O-])s1. The maximum absolute atomic E-state index is 10.9. The minimum atomic E-state index is -0.398. The van der Waals surface area contributed by atoms with Crippen LogP contribution in [0.15, 0.2) is 28.9 Å². The van der Waals surface area contributed by atoms with Crippen molar-refractivity contribution < 1.29 is 4.92 Å². The molecule has 5 nitrogen and oxygen atoms in total. The van der Waals surface area contributed by atoms with Gasteiger partial charge in [0.05, 0.1) is 16.5 Å². The van der Waals surface area contributed by atoms with Crippen LogP contribution in [-0.4, -0.2) is 9.91 Å². The number of thiazole rings is 1. The Balaban J connectivity index is 2.16. The van der Waals surface area contributed by atoms with Crippen LogP contribution in [0.4, 0.5) is 11.4 Å². The van der Waals surface area contributed by atoms with Gasteiger partial charge in [0.2, 0.25) is 0 Å². The van der Waals surface area contributed by atoms with E-state index >= 15 is 0 Å². The molecule has 0 aliphatic heterocycles. The molecular formula is C11H10BrN3O2S. The quantitative estimate of drug-likeness (QED) is 0.686. The molecule has 0 saturated heterocycles. The molecule has 1 aromatic carbocycles. The first kappa shape index (κ1) is 13.0. The third-order valence-corrected chi connectivity index (χ3v) is 3.68. The van der Waals surface area contributed by atoms with E-state index < -0.39 is 4.92 Å². The Morgan fingerprint density at radius 2 is 2.33 bits per heavy atom. The standard InChI is InChI=1S/C11H10BrN3O2S/c1-7-13-5-9(18-7)6-14-10-3-2-8(12)4-11(10)15(16)17/h2-5,14H,6H2,1H3. The summed E-state index contributed by atoms with van der Waals surface area (Å²) in [6, 6.07) is 4.95. The second-order valence-electron chi connectivity index (χ2n) is 3.62. The van der Waals surface area contributed by atoms with Crippen LogP contribution >= 0.6 is 27.3 Å². The summed E-state index contributed by atoms with van der Waals surface area (Å²) in [5, 5.41) is 15.0. The number of rotatable bonds is 4. The minimum Gasteiger partial charge on any atom is -0.375 e. The summed E-state index contributed by atoms with van der Waals surface area (Å²) in [6.07, 6.45) is 1.78. The molecule has 1 heterocycles. The van der Waals surface area contributed by atoms with E-state index in [4.69, 9.17) is 0 Å². The number of halogens is 1. The van der Waals surface area contributed by atoms with Gasteiger partial charge in [-0.1, -0.05) is 15.9 Å². The van der Waals surface area contributed by atoms with Crippen molar-refractivity contribution >= 4 is 38.6 Å². The van der Waals surface area contributed by atoms with Crippen LogP contribution in [0.5, 0.6) is 0 Å². The van der Waals surface area contributed by atoms with Crippen LogP contribution in [0.3, 0.4) is 0 Å². The molecule has 0 aliphatic carbocycles. The highest BCUT2D eigenvalue weighted by Gasteiger charge is 2.13. The van der Waals surface area contributed by atoms with Crippen molar-refractivity contribution in [3.63, 3.8) is 0 Å². The number of nitro benzene ring substituents is 1. The van der Waals surface area contributed by atoms with Crippen LogP contribution in [0, 0.1) is 17.0 Å². The van der Waals surface area contributed by atoms with Crippen LogP contribution in [0.2, 0.25) is 0 Å². The van der Waals surface area contributed by atoms with Crippen LogP contribution in [0.25, 0.3) is 0 Å². The maximum atomic E-state index is 10.9. The molecule has 1 aromatic heterocycles. The molecule has 18 heavy (non-hydrogen) atoms. The van der Waals surface area contributed by atoms with E-state index in [0.29, 0.717) is 16.7 Å². The van der Waals surface area contributed by atoms with Gasteiger partial charge in [-0.3, -0.25) is 10.1 Å². The number of aryl methyl sites for hydroxylation is 1. The van der Waals surface area contributed by atoms with Gasteiger partial charge in [0, 0.05) is 21.6 Å². The number of nitro groups is 1. The lowest BCUT2D eigenvalue weighted by molar-refractivity contribution is -0.384. The summed E-state index contributed by atoms with van der Waals surface area (Å²) >= 11 is 4.80. The van der Waals surface area contributed by atoms with Gasteiger partial charge in [-0.15, -0.1) is 11.3 Å². The van der Waals surface area contributed by atoms with Crippen LogP contribution < -0.4 is 5.32 Å². The van der Waals surface area contributed by atoms with Crippen molar-refractivity contribution in [1.29, 1.82) is 0 Å². The van der Waals surface area contributed by atoms with E-state index in [9.17, 15) is 10.1 Å². The molecule has 0 saturated carbocycles. The topological polar surface area (TPSA) is 68.1 Å². The second kappa shape index (κ2) is 5.45. The average Bonchev–Trinajstić information content (AvgIpc) is 2.73. The highest BCUT2D eigenvalue weighted by atomic mass is 79.9. The first-order valence-electron chi connectivity index (χ1n) is 5.15. The van der Waals surface area contributed by atoms with Gasteiger partial charge in [-0.2, -0.15) is 0 Å². The molecule has 0 bridgehead atoms. The molecule has 1 N–H and O–H groups in total. The summed E-state index contributed by atoms with van der Waals surface area (Å²) in [5.41, 5.74) is 0.569. The fraction of sp³-hybridized carbons (Fsp3) is 0.182. The number of nitrogens with one attached hydrogen (secondary N) is 1. The van der Waals surface area contributed by atoms with E-state index in [2.05, 4.69) is 26.2 Å². The zero-order valence-electron chi connectivity index (χ0n) is 9.51. The van der Waals surface area contributed by atoms with Gasteiger partial charge in [0.15, 0.2) is 0 Å². The van der Waals surface area contributed by atoms with Crippen molar-refractivity contribution in [1.82, 2.24) is 4.98 Å². The molecule has 0 aliphatic rings. The fourth-order valence-corrected chi connectivity index (χ4v) is 2.56. The molecule has 94 valence electrons. The Bertz CT molecular complexity index is 585. The molecule has 2 aromatic rings. The van der Waals surface area contributed by atoms with E-state index in [1.807, 2.05) is 6.92 Å². The van der Waals surface area contributed by atoms with E-state index in [0.717, 1.165) is 9.88 Å².